The van der Waals surface area contributed by atoms with E-state index in [1.54, 1.807) is 0 Å². The minimum absolute atomic E-state index is 1.05. The molecule has 0 saturated heterocycles. The summed E-state index contributed by atoms with van der Waals surface area (Å²) in [7, 11) is 0. The molecule has 10 aromatic rings. The van der Waals surface area contributed by atoms with Gasteiger partial charge in [-0.05, 0) is 107 Å². The van der Waals surface area contributed by atoms with Crippen molar-refractivity contribution in [2.45, 2.75) is 12.8 Å². The Bertz CT molecular complexity index is 3090. The van der Waals surface area contributed by atoms with Crippen molar-refractivity contribution in [3.63, 3.8) is 0 Å². The Morgan fingerprint density at radius 3 is 2.09 bits per heavy atom. The van der Waals surface area contributed by atoms with Crippen LogP contribution in [0.2, 0.25) is 0 Å². The standard InChI is InChI=1S/C52H36N2S/c1-2-15-38(16-3-1)54-49-23-10-7-19-44(49)45-32-30-40(34-50(45)54)53(39-28-25-36(26-29-39)42-21-12-14-35-13-4-5-17-41(35)42)48-22-9-6-18-43(48)37-27-31-47-46-20-8-11-24-51(46)55-52(47)33-37/h1-6,8-18,20-34H,7,19H2. The zero-order chi connectivity index (χ0) is 36.3. The molecule has 0 aliphatic heterocycles. The van der Waals surface area contributed by atoms with E-state index in [9.17, 15) is 0 Å². The third-order valence-electron chi connectivity index (χ3n) is 11.3. The van der Waals surface area contributed by atoms with Gasteiger partial charge < -0.3 is 9.47 Å². The maximum absolute atomic E-state index is 2.45. The normalized spacial score (nSPS) is 12.5. The molecule has 2 aromatic heterocycles. The Balaban J connectivity index is 1.12. The highest BCUT2D eigenvalue weighted by Gasteiger charge is 2.23. The molecule has 0 saturated carbocycles. The summed E-state index contributed by atoms with van der Waals surface area (Å²) in [6.07, 6.45) is 6.74. The third-order valence-corrected chi connectivity index (χ3v) is 12.4. The number of hydrogen-bond donors (Lipinski definition) is 0. The van der Waals surface area contributed by atoms with Crippen molar-refractivity contribution in [3.05, 3.63) is 199 Å². The van der Waals surface area contributed by atoms with Crippen LogP contribution in [0.4, 0.5) is 17.1 Å². The van der Waals surface area contributed by atoms with Gasteiger partial charge in [0.25, 0.3) is 0 Å². The van der Waals surface area contributed by atoms with Crippen molar-refractivity contribution in [1.82, 2.24) is 4.57 Å². The van der Waals surface area contributed by atoms with Gasteiger partial charge in [-0.2, -0.15) is 0 Å². The first kappa shape index (κ1) is 31.8. The number of aromatic nitrogens is 1. The quantitative estimate of drug-likeness (QED) is 0.166. The summed E-state index contributed by atoms with van der Waals surface area (Å²) in [5.74, 6) is 0. The van der Waals surface area contributed by atoms with Gasteiger partial charge in [0.15, 0.2) is 0 Å². The molecule has 3 heteroatoms. The number of hydrogen-bond acceptors (Lipinski definition) is 2. The fourth-order valence-corrected chi connectivity index (χ4v) is 9.86. The molecule has 0 spiro atoms. The van der Waals surface area contributed by atoms with E-state index in [0.29, 0.717) is 0 Å². The number of nitrogens with zero attached hydrogens (tertiary/aromatic N) is 2. The van der Waals surface area contributed by atoms with Crippen LogP contribution in [-0.4, -0.2) is 4.57 Å². The van der Waals surface area contributed by atoms with Gasteiger partial charge in [-0.15, -0.1) is 11.3 Å². The molecule has 1 aliphatic carbocycles. The Hall–Kier alpha value is -6.68. The second-order valence-electron chi connectivity index (χ2n) is 14.4. The minimum atomic E-state index is 1.05. The summed E-state index contributed by atoms with van der Waals surface area (Å²) < 4.78 is 5.08. The zero-order valence-electron chi connectivity index (χ0n) is 30.2. The SMILES string of the molecule is C1=Cc2c(c3ccc(N(c4ccc(-c5cccc6ccccc56)cc4)c4ccccc4-c4ccc5c(c4)sc4ccccc45)cc3n2-c2ccccc2)CC1. The lowest BCUT2D eigenvalue weighted by Crippen LogP contribution is -2.11. The number of anilines is 3. The number of rotatable bonds is 6. The average molecular weight is 721 g/mol. The summed E-state index contributed by atoms with van der Waals surface area (Å²) in [4.78, 5) is 2.45. The van der Waals surface area contributed by atoms with Crippen LogP contribution >= 0.6 is 11.3 Å². The van der Waals surface area contributed by atoms with Crippen LogP contribution in [0.15, 0.2) is 188 Å². The van der Waals surface area contributed by atoms with Crippen molar-refractivity contribution in [3.8, 4) is 27.9 Å². The van der Waals surface area contributed by atoms with Crippen molar-refractivity contribution in [2.75, 3.05) is 4.90 Å². The second-order valence-corrected chi connectivity index (χ2v) is 15.5. The zero-order valence-corrected chi connectivity index (χ0v) is 31.0. The van der Waals surface area contributed by atoms with Crippen LogP contribution in [0.3, 0.4) is 0 Å². The van der Waals surface area contributed by atoms with Crippen LogP contribution in [0.5, 0.6) is 0 Å². The molecular weight excluding hydrogens is 685 g/mol. The van der Waals surface area contributed by atoms with E-state index in [4.69, 9.17) is 0 Å². The predicted octanol–water partition coefficient (Wildman–Crippen LogP) is 14.9. The van der Waals surface area contributed by atoms with Crippen molar-refractivity contribution >= 4 is 76.3 Å². The Kier molecular flexibility index (Phi) is 7.53. The first-order valence-electron chi connectivity index (χ1n) is 19.1. The molecule has 0 atom stereocenters. The molecule has 260 valence electrons. The fourth-order valence-electron chi connectivity index (χ4n) is 8.72. The number of benzene rings is 8. The lowest BCUT2D eigenvalue weighted by molar-refractivity contribution is 0.967. The van der Waals surface area contributed by atoms with E-state index in [1.807, 2.05) is 11.3 Å². The molecule has 0 unspecified atom stereocenters. The van der Waals surface area contributed by atoms with E-state index < -0.39 is 0 Å². The average Bonchev–Trinajstić information content (AvgIpc) is 3.79. The lowest BCUT2D eigenvalue weighted by atomic mass is 9.97. The third kappa shape index (κ3) is 5.31. The molecule has 1 aliphatic rings. The molecule has 55 heavy (non-hydrogen) atoms. The maximum atomic E-state index is 2.45. The molecule has 8 aromatic carbocycles. The summed E-state index contributed by atoms with van der Waals surface area (Å²) in [5, 5.41) is 6.47. The van der Waals surface area contributed by atoms with Crippen molar-refractivity contribution in [2.24, 2.45) is 0 Å². The van der Waals surface area contributed by atoms with E-state index in [2.05, 4.69) is 204 Å². The molecule has 0 bridgehead atoms. The number of para-hydroxylation sites is 2. The lowest BCUT2D eigenvalue weighted by Gasteiger charge is -2.28. The largest absolute Gasteiger partial charge is 0.310 e. The highest BCUT2D eigenvalue weighted by Crippen LogP contribution is 2.45. The van der Waals surface area contributed by atoms with E-state index in [-0.39, 0.29) is 0 Å². The highest BCUT2D eigenvalue weighted by atomic mass is 32.1. The minimum Gasteiger partial charge on any atom is -0.310 e. The number of allylic oxidation sites excluding steroid dienone is 1. The monoisotopic (exact) mass is 720 g/mol. The van der Waals surface area contributed by atoms with Gasteiger partial charge in [-0.25, -0.2) is 0 Å². The summed E-state index contributed by atoms with van der Waals surface area (Å²) in [6.45, 7) is 0. The molecule has 2 heterocycles. The molecule has 11 rings (SSSR count). The first-order valence-corrected chi connectivity index (χ1v) is 19.9. The predicted molar refractivity (Wildman–Crippen MR) is 237 cm³/mol. The second kappa shape index (κ2) is 13.0. The number of thiophene rings is 1. The fraction of sp³-hybridized carbons (Fsp3) is 0.0385. The van der Waals surface area contributed by atoms with E-state index in [1.165, 1.54) is 81.0 Å². The Morgan fingerprint density at radius 1 is 0.491 bits per heavy atom. The van der Waals surface area contributed by atoms with Gasteiger partial charge in [0, 0.05) is 53.9 Å². The van der Waals surface area contributed by atoms with Gasteiger partial charge >= 0.3 is 0 Å². The Labute approximate surface area is 324 Å². The highest BCUT2D eigenvalue weighted by molar-refractivity contribution is 7.25. The van der Waals surface area contributed by atoms with Gasteiger partial charge in [0.05, 0.1) is 11.2 Å². The topological polar surface area (TPSA) is 8.17 Å². The number of fused-ring (bicyclic) bond motifs is 7. The van der Waals surface area contributed by atoms with Gasteiger partial charge in [0.1, 0.15) is 0 Å². The van der Waals surface area contributed by atoms with Gasteiger partial charge in [0.2, 0.25) is 0 Å². The Morgan fingerprint density at radius 2 is 1.18 bits per heavy atom. The summed E-state index contributed by atoms with van der Waals surface area (Å²) in [6, 6.07) is 66.9. The molecular formula is C52H36N2S. The van der Waals surface area contributed by atoms with Crippen molar-refractivity contribution in [1.29, 1.82) is 0 Å². The van der Waals surface area contributed by atoms with Crippen LogP contribution in [-0.2, 0) is 6.42 Å². The summed E-state index contributed by atoms with van der Waals surface area (Å²) in [5.41, 5.74) is 13.3. The van der Waals surface area contributed by atoms with E-state index in [0.717, 1.165) is 29.9 Å². The van der Waals surface area contributed by atoms with Gasteiger partial charge in [-0.3, -0.25) is 0 Å². The van der Waals surface area contributed by atoms with Crippen LogP contribution in [0, 0.1) is 0 Å². The molecule has 0 N–H and O–H groups in total. The molecule has 0 radical (unpaired) electrons. The maximum Gasteiger partial charge on any atom is 0.0558 e. The van der Waals surface area contributed by atoms with Crippen LogP contribution in [0.25, 0.3) is 75.9 Å². The van der Waals surface area contributed by atoms with Crippen LogP contribution in [0.1, 0.15) is 17.7 Å². The smallest absolute Gasteiger partial charge is 0.0558 e. The number of aryl methyl sites for hydroxylation is 1. The molecule has 0 amide bonds. The van der Waals surface area contributed by atoms with Crippen LogP contribution < -0.4 is 4.90 Å². The van der Waals surface area contributed by atoms with E-state index >= 15 is 0 Å². The summed E-state index contributed by atoms with van der Waals surface area (Å²) >= 11 is 1.87. The first-order chi connectivity index (χ1) is 27.3. The van der Waals surface area contributed by atoms with Gasteiger partial charge in [-0.1, -0.05) is 133 Å². The van der Waals surface area contributed by atoms with Crippen molar-refractivity contribution < 1.29 is 0 Å². The molecule has 0 fully saturated rings. The molecule has 2 nitrogen and oxygen atoms in total.